The summed E-state index contributed by atoms with van der Waals surface area (Å²) in [5, 5.41) is 0. The van der Waals surface area contributed by atoms with Gasteiger partial charge in [0.05, 0.1) is 6.04 Å². The van der Waals surface area contributed by atoms with Crippen LogP contribution >= 0.6 is 0 Å². The Morgan fingerprint density at radius 2 is 2.11 bits per heavy atom. The SMILES string of the molecule is C[C@@H](C(=O)NN)N(C)C. The monoisotopic (exact) mass is 131 g/mol. The third-order valence-corrected chi connectivity index (χ3v) is 1.30. The maximum Gasteiger partial charge on any atom is 0.250 e. The number of carbonyl (C=O) groups is 1. The van der Waals surface area contributed by atoms with Gasteiger partial charge in [0.2, 0.25) is 0 Å². The number of rotatable bonds is 2. The highest BCUT2D eigenvalue weighted by Gasteiger charge is 2.11. The Morgan fingerprint density at radius 1 is 1.67 bits per heavy atom. The zero-order valence-corrected chi connectivity index (χ0v) is 6.01. The number of hydrogen-bond donors (Lipinski definition) is 2. The summed E-state index contributed by atoms with van der Waals surface area (Å²) < 4.78 is 0. The molecule has 0 spiro atoms. The highest BCUT2D eigenvalue weighted by molar-refractivity contribution is 5.80. The van der Waals surface area contributed by atoms with Gasteiger partial charge in [-0.2, -0.15) is 0 Å². The van der Waals surface area contributed by atoms with Crippen LogP contribution in [-0.2, 0) is 4.79 Å². The molecule has 54 valence electrons. The second-order valence-electron chi connectivity index (χ2n) is 2.15. The molecule has 0 radical (unpaired) electrons. The average molecular weight is 131 g/mol. The quantitative estimate of drug-likeness (QED) is 0.285. The Balaban J connectivity index is 3.72. The van der Waals surface area contributed by atoms with E-state index in [-0.39, 0.29) is 11.9 Å². The Hall–Kier alpha value is -0.610. The molecule has 3 N–H and O–H groups in total. The van der Waals surface area contributed by atoms with Gasteiger partial charge in [-0.1, -0.05) is 0 Å². The number of nitrogens with one attached hydrogen (secondary N) is 1. The standard InChI is InChI=1S/C5H13N3O/c1-4(8(2)3)5(9)7-6/h4H,6H2,1-3H3,(H,7,9)/t4-/m0/s1. The molecule has 1 atom stereocenters. The maximum atomic E-state index is 10.7. The molecule has 0 aliphatic heterocycles. The summed E-state index contributed by atoms with van der Waals surface area (Å²) >= 11 is 0. The lowest BCUT2D eigenvalue weighted by Crippen LogP contribution is -2.44. The number of hydrazine groups is 1. The lowest BCUT2D eigenvalue weighted by atomic mass is 10.3. The van der Waals surface area contributed by atoms with E-state index in [0.717, 1.165) is 0 Å². The van der Waals surface area contributed by atoms with Crippen molar-refractivity contribution in [3.8, 4) is 0 Å². The Kier molecular flexibility index (Phi) is 3.19. The lowest BCUT2D eigenvalue weighted by molar-refractivity contribution is -0.125. The van der Waals surface area contributed by atoms with Crippen LogP contribution in [0.25, 0.3) is 0 Å². The molecule has 4 heteroatoms. The van der Waals surface area contributed by atoms with Crippen molar-refractivity contribution in [2.45, 2.75) is 13.0 Å². The van der Waals surface area contributed by atoms with Crippen LogP contribution in [0.2, 0.25) is 0 Å². The topological polar surface area (TPSA) is 58.4 Å². The highest BCUT2D eigenvalue weighted by Crippen LogP contribution is 1.88. The van der Waals surface area contributed by atoms with Crippen LogP contribution < -0.4 is 11.3 Å². The van der Waals surface area contributed by atoms with Gasteiger partial charge >= 0.3 is 0 Å². The van der Waals surface area contributed by atoms with Crippen LogP contribution in [0, 0.1) is 0 Å². The van der Waals surface area contributed by atoms with Gasteiger partial charge in [0.15, 0.2) is 0 Å². The molecule has 0 saturated carbocycles. The van der Waals surface area contributed by atoms with Gasteiger partial charge in [0, 0.05) is 0 Å². The van der Waals surface area contributed by atoms with Crippen molar-refractivity contribution >= 4 is 5.91 Å². The van der Waals surface area contributed by atoms with Gasteiger partial charge in [0.25, 0.3) is 5.91 Å². The molecule has 0 aliphatic rings. The molecule has 0 aliphatic carbocycles. The third kappa shape index (κ3) is 2.43. The molecule has 0 saturated heterocycles. The van der Waals surface area contributed by atoms with E-state index in [2.05, 4.69) is 5.43 Å². The van der Waals surface area contributed by atoms with E-state index in [9.17, 15) is 4.79 Å². The zero-order chi connectivity index (χ0) is 7.44. The Bertz CT molecular complexity index is 102. The summed E-state index contributed by atoms with van der Waals surface area (Å²) in [6.45, 7) is 1.78. The molecule has 0 bridgehead atoms. The Labute approximate surface area is 55.0 Å². The number of likely N-dealkylation sites (N-methyl/N-ethyl adjacent to an activating group) is 1. The minimum absolute atomic E-state index is 0.157. The van der Waals surface area contributed by atoms with E-state index < -0.39 is 0 Å². The molecule has 0 aromatic rings. The molecule has 0 heterocycles. The van der Waals surface area contributed by atoms with Crippen LogP contribution in [0.3, 0.4) is 0 Å². The average Bonchev–Trinajstić information content (AvgIpc) is 1.84. The predicted molar refractivity (Wildman–Crippen MR) is 35.5 cm³/mol. The minimum Gasteiger partial charge on any atom is -0.298 e. The molecule has 4 nitrogen and oxygen atoms in total. The summed E-state index contributed by atoms with van der Waals surface area (Å²) in [4.78, 5) is 12.5. The number of nitrogens with two attached hydrogens (primary N) is 1. The first-order valence-corrected chi connectivity index (χ1v) is 2.76. The van der Waals surface area contributed by atoms with Crippen molar-refractivity contribution in [3.05, 3.63) is 0 Å². The minimum atomic E-state index is -0.167. The van der Waals surface area contributed by atoms with Crippen molar-refractivity contribution in [2.75, 3.05) is 14.1 Å². The number of nitrogens with zero attached hydrogens (tertiary/aromatic N) is 1. The number of amides is 1. The first-order chi connectivity index (χ1) is 4.09. The van der Waals surface area contributed by atoms with Crippen LogP contribution in [-0.4, -0.2) is 30.9 Å². The molecule has 1 amide bonds. The van der Waals surface area contributed by atoms with Crippen molar-refractivity contribution in [1.29, 1.82) is 0 Å². The summed E-state index contributed by atoms with van der Waals surface area (Å²) in [5.41, 5.74) is 2.07. The molecule has 0 aromatic carbocycles. The van der Waals surface area contributed by atoms with E-state index in [1.165, 1.54) is 0 Å². The fourth-order valence-electron chi connectivity index (χ4n) is 0.355. The number of hydrogen-bond acceptors (Lipinski definition) is 3. The van der Waals surface area contributed by atoms with Crippen molar-refractivity contribution < 1.29 is 4.79 Å². The van der Waals surface area contributed by atoms with E-state index in [1.54, 1.807) is 11.8 Å². The third-order valence-electron chi connectivity index (χ3n) is 1.30. The fourth-order valence-corrected chi connectivity index (χ4v) is 0.355. The van der Waals surface area contributed by atoms with Crippen molar-refractivity contribution in [1.82, 2.24) is 10.3 Å². The largest absolute Gasteiger partial charge is 0.298 e. The van der Waals surface area contributed by atoms with Gasteiger partial charge < -0.3 is 0 Å². The van der Waals surface area contributed by atoms with Crippen molar-refractivity contribution in [3.63, 3.8) is 0 Å². The first-order valence-electron chi connectivity index (χ1n) is 2.76. The summed E-state index contributed by atoms with van der Waals surface area (Å²) in [6, 6.07) is -0.157. The maximum absolute atomic E-state index is 10.7. The predicted octanol–water partition coefficient (Wildman–Crippen LogP) is -1.07. The van der Waals surface area contributed by atoms with E-state index in [0.29, 0.717) is 0 Å². The lowest BCUT2D eigenvalue weighted by Gasteiger charge is -2.16. The van der Waals surface area contributed by atoms with Gasteiger partial charge in [0.1, 0.15) is 0 Å². The molecule has 0 unspecified atom stereocenters. The summed E-state index contributed by atoms with van der Waals surface area (Å²) in [5.74, 6) is 4.72. The van der Waals surface area contributed by atoms with Gasteiger partial charge in [-0.05, 0) is 21.0 Å². The van der Waals surface area contributed by atoms with Crippen molar-refractivity contribution in [2.24, 2.45) is 5.84 Å². The Morgan fingerprint density at radius 3 is 2.22 bits per heavy atom. The zero-order valence-electron chi connectivity index (χ0n) is 6.01. The highest BCUT2D eigenvalue weighted by atomic mass is 16.2. The molecule has 0 fully saturated rings. The van der Waals surface area contributed by atoms with E-state index >= 15 is 0 Å². The van der Waals surface area contributed by atoms with Crippen LogP contribution in [0.5, 0.6) is 0 Å². The summed E-state index contributed by atoms with van der Waals surface area (Å²) in [7, 11) is 3.64. The normalized spacial score (nSPS) is 13.4. The first kappa shape index (κ1) is 8.39. The molecule has 0 aromatic heterocycles. The van der Waals surface area contributed by atoms with Crippen LogP contribution in [0.1, 0.15) is 6.92 Å². The van der Waals surface area contributed by atoms with Gasteiger partial charge in [-0.25, -0.2) is 5.84 Å². The summed E-state index contributed by atoms with van der Waals surface area (Å²) in [6.07, 6.45) is 0. The molecule has 9 heavy (non-hydrogen) atoms. The fraction of sp³-hybridized carbons (Fsp3) is 0.800. The molecular weight excluding hydrogens is 118 g/mol. The van der Waals surface area contributed by atoms with E-state index in [4.69, 9.17) is 5.84 Å². The van der Waals surface area contributed by atoms with Crippen LogP contribution in [0.15, 0.2) is 0 Å². The smallest absolute Gasteiger partial charge is 0.250 e. The second kappa shape index (κ2) is 3.42. The van der Waals surface area contributed by atoms with E-state index in [1.807, 2.05) is 14.1 Å². The second-order valence-corrected chi connectivity index (χ2v) is 2.15. The number of carbonyl (C=O) groups excluding carboxylic acids is 1. The molecule has 0 rings (SSSR count). The van der Waals surface area contributed by atoms with Crippen LogP contribution in [0.4, 0.5) is 0 Å². The molecular formula is C5H13N3O. The van der Waals surface area contributed by atoms with Gasteiger partial charge in [-0.3, -0.25) is 15.1 Å². The van der Waals surface area contributed by atoms with Gasteiger partial charge in [-0.15, -0.1) is 0 Å².